The summed E-state index contributed by atoms with van der Waals surface area (Å²) in [4.78, 5) is 0. The third-order valence-corrected chi connectivity index (χ3v) is 14.1. The Labute approximate surface area is 217 Å². The third kappa shape index (κ3) is 4.36. The zero-order chi connectivity index (χ0) is 26.4. The van der Waals surface area contributed by atoms with Gasteiger partial charge in [0.15, 0.2) is 0 Å². The van der Waals surface area contributed by atoms with E-state index in [1.807, 2.05) is 75.1 Å². The minimum atomic E-state index is -3.10. The van der Waals surface area contributed by atoms with E-state index in [1.165, 1.54) is 22.3 Å². The molecule has 8 nitrogen and oxygen atoms in total. The van der Waals surface area contributed by atoms with Crippen molar-refractivity contribution in [3.8, 4) is 0 Å². The summed E-state index contributed by atoms with van der Waals surface area (Å²) in [7, 11) is 8.99. The van der Waals surface area contributed by atoms with Gasteiger partial charge in [-0.1, -0.05) is 48.5 Å². The van der Waals surface area contributed by atoms with E-state index >= 15 is 0 Å². The lowest BCUT2D eigenvalue weighted by Gasteiger charge is -2.54. The van der Waals surface area contributed by atoms with Crippen molar-refractivity contribution in [1.29, 1.82) is 0 Å². The van der Waals surface area contributed by atoms with Gasteiger partial charge in [0.25, 0.3) is 15.2 Å². The summed E-state index contributed by atoms with van der Waals surface area (Å²) >= 11 is 0. The summed E-state index contributed by atoms with van der Waals surface area (Å²) in [6, 6.07) is 16.6. The van der Waals surface area contributed by atoms with Crippen LogP contribution in [0.2, 0.25) is 0 Å². The Balaban J connectivity index is 2.03. The number of hydrogen-bond donors (Lipinski definition) is 0. The molecule has 0 fully saturated rings. The maximum atomic E-state index is 14.8. The number of benzene rings is 2. The Bertz CT molecular complexity index is 1070. The van der Waals surface area contributed by atoms with E-state index in [9.17, 15) is 9.13 Å². The van der Waals surface area contributed by atoms with Crippen LogP contribution in [-0.4, -0.2) is 97.5 Å². The highest BCUT2D eigenvalue weighted by molar-refractivity contribution is 7.57. The average Bonchev–Trinajstić information content (AvgIpc) is 2.85. The van der Waals surface area contributed by atoms with Crippen molar-refractivity contribution >= 4 is 15.2 Å². The van der Waals surface area contributed by atoms with Gasteiger partial charge >= 0.3 is 0 Å². The van der Waals surface area contributed by atoms with E-state index in [0.717, 1.165) is 12.8 Å². The largest absolute Gasteiger partial charge is 0.286 e. The van der Waals surface area contributed by atoms with E-state index in [-0.39, 0.29) is 12.1 Å². The second-order valence-corrected chi connectivity index (χ2v) is 16.8. The van der Waals surface area contributed by atoms with E-state index in [2.05, 4.69) is 57.9 Å². The number of hydrogen-bond acceptors (Lipinski definition) is 2. The molecule has 0 aromatic heterocycles. The average molecular weight is 533 g/mol. The lowest BCUT2D eigenvalue weighted by atomic mass is 9.83. The Morgan fingerprint density at radius 3 is 1.19 bits per heavy atom. The van der Waals surface area contributed by atoms with Crippen LogP contribution in [0.25, 0.3) is 0 Å². The quantitative estimate of drug-likeness (QED) is 0.478. The number of nitrogens with zero attached hydrogens (tertiary/aromatic N) is 6. The van der Waals surface area contributed by atoms with Crippen LogP contribution in [0.4, 0.5) is 0 Å². The zero-order valence-electron chi connectivity index (χ0n) is 23.0. The van der Waals surface area contributed by atoms with Gasteiger partial charge in [0.2, 0.25) is 0 Å². The monoisotopic (exact) mass is 532 g/mol. The SMILES string of the molecule is CN(C)P(=O)(N(C)C)N1CCc2ccccc2C1C1c2ccccc2CCN1P(=O)(N(C)C)N(C)C. The summed E-state index contributed by atoms with van der Waals surface area (Å²) in [5.41, 5.74) is 4.89. The molecule has 2 atom stereocenters. The van der Waals surface area contributed by atoms with Gasteiger partial charge in [0, 0.05) is 13.1 Å². The Hall–Kier alpha value is -1.34. The van der Waals surface area contributed by atoms with Crippen LogP contribution in [0.5, 0.6) is 0 Å². The normalized spacial score (nSPS) is 21.9. The summed E-state index contributed by atoms with van der Waals surface area (Å²) in [6.45, 7) is 1.33. The minimum Gasteiger partial charge on any atom is -0.270 e. The first-order chi connectivity index (χ1) is 17.0. The van der Waals surface area contributed by atoms with Gasteiger partial charge in [0.1, 0.15) is 0 Å². The van der Waals surface area contributed by atoms with Gasteiger partial charge in [-0.3, -0.25) is 9.13 Å². The van der Waals surface area contributed by atoms with Crippen molar-refractivity contribution in [3.05, 3.63) is 70.8 Å². The number of fused-ring (bicyclic) bond motifs is 2. The maximum absolute atomic E-state index is 14.8. The topological polar surface area (TPSA) is 53.6 Å². The molecular formula is C26H42N6O2P2. The van der Waals surface area contributed by atoms with Crippen LogP contribution >= 0.6 is 15.2 Å². The molecule has 198 valence electrons. The van der Waals surface area contributed by atoms with Gasteiger partial charge in [-0.05, 0) is 91.5 Å². The van der Waals surface area contributed by atoms with E-state index in [0.29, 0.717) is 13.1 Å². The van der Waals surface area contributed by atoms with Crippen molar-refractivity contribution < 1.29 is 9.13 Å². The van der Waals surface area contributed by atoms with Gasteiger partial charge in [-0.2, -0.15) is 0 Å². The molecule has 0 bridgehead atoms. The fourth-order valence-corrected chi connectivity index (χ4v) is 11.2. The van der Waals surface area contributed by atoms with Crippen molar-refractivity contribution in [2.24, 2.45) is 0 Å². The van der Waals surface area contributed by atoms with Crippen molar-refractivity contribution in [2.75, 3.05) is 69.5 Å². The Kier molecular flexibility index (Phi) is 8.03. The zero-order valence-corrected chi connectivity index (χ0v) is 24.8. The lowest BCUT2D eigenvalue weighted by Crippen LogP contribution is -2.49. The molecule has 2 aliphatic heterocycles. The highest BCUT2D eigenvalue weighted by Gasteiger charge is 2.52. The first-order valence-electron chi connectivity index (χ1n) is 12.6. The molecule has 0 saturated heterocycles. The second-order valence-electron chi connectivity index (χ2n) is 10.5. The third-order valence-electron chi connectivity index (χ3n) is 7.66. The molecule has 2 aliphatic rings. The first kappa shape index (κ1) is 27.7. The molecule has 0 spiro atoms. The molecule has 0 radical (unpaired) electrons. The van der Waals surface area contributed by atoms with E-state index in [1.54, 1.807) is 0 Å². The molecule has 0 N–H and O–H groups in total. The number of rotatable bonds is 7. The summed E-state index contributed by atoms with van der Waals surface area (Å²) < 4.78 is 41.5. The lowest BCUT2D eigenvalue weighted by molar-refractivity contribution is 0.144. The van der Waals surface area contributed by atoms with Crippen LogP contribution in [0.3, 0.4) is 0 Å². The second kappa shape index (κ2) is 10.4. The molecule has 2 heterocycles. The van der Waals surface area contributed by atoms with Crippen LogP contribution in [0.15, 0.2) is 48.5 Å². The standard InChI is InChI=1S/C26H42N6O2P2/c1-27(2)35(33,28(3)4)31-19-17-21-13-9-11-15-23(21)25(31)26-24-16-12-10-14-22(24)18-20-32(26)36(34,29(5)6)30(7)8/h9-16,25-26H,17-20H2,1-8H3. The fourth-order valence-electron chi connectivity index (χ4n) is 6.06. The van der Waals surface area contributed by atoms with Gasteiger partial charge < -0.3 is 0 Å². The summed E-state index contributed by atoms with van der Waals surface area (Å²) in [5.74, 6) is 0. The molecule has 2 unspecified atom stereocenters. The van der Waals surface area contributed by atoms with Crippen molar-refractivity contribution in [1.82, 2.24) is 28.0 Å². The van der Waals surface area contributed by atoms with Crippen molar-refractivity contribution in [3.63, 3.8) is 0 Å². The molecule has 0 saturated carbocycles. The van der Waals surface area contributed by atoms with Crippen LogP contribution in [0.1, 0.15) is 34.3 Å². The Morgan fingerprint density at radius 1 is 0.583 bits per heavy atom. The highest BCUT2D eigenvalue weighted by atomic mass is 31.2. The minimum absolute atomic E-state index is 0.236. The first-order valence-corrected chi connectivity index (χ1v) is 15.7. The van der Waals surface area contributed by atoms with Crippen LogP contribution in [-0.2, 0) is 22.0 Å². The fraction of sp³-hybridized carbons (Fsp3) is 0.538. The molecular weight excluding hydrogens is 490 g/mol. The molecule has 0 amide bonds. The van der Waals surface area contributed by atoms with Gasteiger partial charge in [0.05, 0.1) is 12.1 Å². The molecule has 10 heteroatoms. The smallest absolute Gasteiger partial charge is 0.270 e. The Morgan fingerprint density at radius 2 is 0.889 bits per heavy atom. The predicted octanol–water partition coefficient (Wildman–Crippen LogP) is 4.65. The maximum Gasteiger partial charge on any atom is 0.286 e. The van der Waals surface area contributed by atoms with Gasteiger partial charge in [-0.15, -0.1) is 0 Å². The molecule has 2 aromatic rings. The van der Waals surface area contributed by atoms with Crippen molar-refractivity contribution in [2.45, 2.75) is 24.9 Å². The van der Waals surface area contributed by atoms with Crippen LogP contribution < -0.4 is 0 Å². The predicted molar refractivity (Wildman–Crippen MR) is 149 cm³/mol. The van der Waals surface area contributed by atoms with Gasteiger partial charge in [-0.25, -0.2) is 28.0 Å². The summed E-state index contributed by atoms with van der Waals surface area (Å²) in [6.07, 6.45) is 1.65. The highest BCUT2D eigenvalue weighted by Crippen LogP contribution is 2.66. The molecule has 0 aliphatic carbocycles. The van der Waals surface area contributed by atoms with Crippen LogP contribution in [0, 0.1) is 0 Å². The van der Waals surface area contributed by atoms with E-state index in [4.69, 9.17) is 0 Å². The molecule has 2 aromatic carbocycles. The van der Waals surface area contributed by atoms with E-state index < -0.39 is 15.2 Å². The molecule has 36 heavy (non-hydrogen) atoms. The summed E-state index contributed by atoms with van der Waals surface area (Å²) in [5, 5.41) is 0. The molecule has 4 rings (SSSR count).